The highest BCUT2D eigenvalue weighted by Crippen LogP contribution is 2.62. The van der Waals surface area contributed by atoms with Crippen molar-refractivity contribution in [3.63, 3.8) is 0 Å². The van der Waals surface area contributed by atoms with Crippen molar-refractivity contribution in [2.24, 2.45) is 22.7 Å². The van der Waals surface area contributed by atoms with Crippen molar-refractivity contribution < 1.29 is 15.3 Å². The number of fused-ring (bicyclic) bond motifs is 1. The molecule has 132 valence electrons. The zero-order valence-electron chi connectivity index (χ0n) is 15.3. The molecule has 0 unspecified atom stereocenters. The number of aliphatic hydroxyl groups excluding tert-OH is 2. The molecule has 2 aliphatic rings. The van der Waals surface area contributed by atoms with Gasteiger partial charge >= 0.3 is 0 Å². The first kappa shape index (κ1) is 18.7. The molecule has 0 saturated heterocycles. The van der Waals surface area contributed by atoms with Crippen LogP contribution in [-0.4, -0.2) is 33.1 Å². The lowest BCUT2D eigenvalue weighted by molar-refractivity contribution is -0.265. The summed E-state index contributed by atoms with van der Waals surface area (Å²) in [7, 11) is 0. The summed E-state index contributed by atoms with van der Waals surface area (Å²) >= 11 is 0. The highest BCUT2D eigenvalue weighted by atomic mass is 16.4. The SMILES string of the molecule is C=C/C(C)=C/C[C@@H]1[C@@](C)(O)[C@H](O)[C@@H](O)[C@@H]2C(C)(C)CCC[C@]21C. The molecule has 0 heterocycles. The molecule has 3 heteroatoms. The van der Waals surface area contributed by atoms with Gasteiger partial charge in [0.25, 0.3) is 0 Å². The van der Waals surface area contributed by atoms with Gasteiger partial charge in [0.2, 0.25) is 0 Å². The first-order valence-corrected chi connectivity index (χ1v) is 8.86. The third kappa shape index (κ3) is 2.92. The smallest absolute Gasteiger partial charge is 0.109 e. The maximum atomic E-state index is 11.1. The van der Waals surface area contributed by atoms with Crippen LogP contribution >= 0.6 is 0 Å². The van der Waals surface area contributed by atoms with Crippen LogP contribution in [-0.2, 0) is 0 Å². The Morgan fingerprint density at radius 2 is 1.78 bits per heavy atom. The molecule has 0 amide bonds. The molecule has 3 N–H and O–H groups in total. The quantitative estimate of drug-likeness (QED) is 0.698. The van der Waals surface area contributed by atoms with E-state index in [0.29, 0.717) is 6.42 Å². The Bertz CT molecular complexity index is 491. The summed E-state index contributed by atoms with van der Waals surface area (Å²) in [6.07, 6.45) is 5.73. The van der Waals surface area contributed by atoms with E-state index < -0.39 is 17.8 Å². The molecule has 0 aliphatic heterocycles. The number of aliphatic hydroxyl groups is 3. The van der Waals surface area contributed by atoms with Gasteiger partial charge in [0, 0.05) is 0 Å². The largest absolute Gasteiger partial charge is 0.390 e. The highest BCUT2D eigenvalue weighted by molar-refractivity contribution is 5.18. The third-order valence-corrected chi connectivity index (χ3v) is 6.85. The molecule has 2 fully saturated rings. The molecule has 3 nitrogen and oxygen atoms in total. The Kier molecular flexibility index (Phi) is 4.89. The first-order chi connectivity index (χ1) is 10.5. The van der Waals surface area contributed by atoms with E-state index in [0.717, 1.165) is 24.8 Å². The van der Waals surface area contributed by atoms with Crippen LogP contribution in [0.5, 0.6) is 0 Å². The van der Waals surface area contributed by atoms with Crippen molar-refractivity contribution in [3.05, 3.63) is 24.3 Å². The van der Waals surface area contributed by atoms with Crippen LogP contribution in [0.25, 0.3) is 0 Å². The lowest BCUT2D eigenvalue weighted by Gasteiger charge is -2.64. The molecular formula is C20H34O3. The lowest BCUT2D eigenvalue weighted by Crippen LogP contribution is -2.69. The molecule has 0 aromatic heterocycles. The third-order valence-electron chi connectivity index (χ3n) is 6.85. The van der Waals surface area contributed by atoms with Crippen molar-refractivity contribution in [3.8, 4) is 0 Å². The van der Waals surface area contributed by atoms with Gasteiger partial charge in [-0.1, -0.05) is 51.5 Å². The second-order valence-corrected chi connectivity index (χ2v) is 8.93. The van der Waals surface area contributed by atoms with Gasteiger partial charge < -0.3 is 15.3 Å². The Morgan fingerprint density at radius 3 is 2.35 bits per heavy atom. The minimum Gasteiger partial charge on any atom is -0.390 e. The Morgan fingerprint density at radius 1 is 1.17 bits per heavy atom. The van der Waals surface area contributed by atoms with Gasteiger partial charge in [0.15, 0.2) is 0 Å². The number of allylic oxidation sites excluding steroid dienone is 3. The van der Waals surface area contributed by atoms with Crippen LogP contribution in [0.1, 0.15) is 60.3 Å². The maximum Gasteiger partial charge on any atom is 0.109 e. The zero-order chi connectivity index (χ0) is 17.6. The standard InChI is InChI=1S/C20H34O3/c1-7-13(2)9-10-14-19(5)12-8-11-18(3,4)16(19)15(21)17(22)20(14,6)23/h7,9,14-17,21-23H,1,8,10-12H2,2-6H3/b13-9+/t14-,15-,16+,17+,19-,20+/m0/s1. The van der Waals surface area contributed by atoms with Gasteiger partial charge in [-0.15, -0.1) is 0 Å². The summed E-state index contributed by atoms with van der Waals surface area (Å²) in [4.78, 5) is 0. The Balaban J connectivity index is 2.49. The number of rotatable bonds is 3. The van der Waals surface area contributed by atoms with Gasteiger partial charge in [-0.3, -0.25) is 0 Å². The van der Waals surface area contributed by atoms with E-state index in [1.54, 1.807) is 6.92 Å². The highest BCUT2D eigenvalue weighted by Gasteiger charge is 2.64. The van der Waals surface area contributed by atoms with Gasteiger partial charge in [-0.2, -0.15) is 0 Å². The van der Waals surface area contributed by atoms with Crippen molar-refractivity contribution >= 4 is 0 Å². The van der Waals surface area contributed by atoms with E-state index in [4.69, 9.17) is 0 Å². The fourth-order valence-electron chi connectivity index (χ4n) is 5.67. The minimum atomic E-state index is -1.30. The summed E-state index contributed by atoms with van der Waals surface area (Å²) in [5.41, 5.74) is -0.450. The predicted octanol–water partition coefficient (Wildman–Crippen LogP) is 3.44. The zero-order valence-corrected chi connectivity index (χ0v) is 15.3. The molecule has 2 rings (SSSR count). The lowest BCUT2D eigenvalue weighted by atomic mass is 9.43. The summed E-state index contributed by atoms with van der Waals surface area (Å²) in [6, 6.07) is 0. The average molecular weight is 322 g/mol. The molecule has 0 aromatic carbocycles. The fraction of sp³-hybridized carbons (Fsp3) is 0.800. The molecule has 0 radical (unpaired) electrons. The molecule has 2 saturated carbocycles. The minimum absolute atomic E-state index is 0.0126. The molecule has 6 atom stereocenters. The topological polar surface area (TPSA) is 60.7 Å². The van der Waals surface area contributed by atoms with Crippen LogP contribution in [0.2, 0.25) is 0 Å². The summed E-state index contributed by atoms with van der Waals surface area (Å²) < 4.78 is 0. The normalized spacial score (nSPS) is 47.0. The van der Waals surface area contributed by atoms with Gasteiger partial charge in [-0.25, -0.2) is 0 Å². The van der Waals surface area contributed by atoms with Crippen molar-refractivity contribution in [2.45, 2.75) is 78.1 Å². The summed E-state index contributed by atoms with van der Waals surface area (Å²) in [6.45, 7) is 14.0. The molecular weight excluding hydrogens is 288 g/mol. The summed E-state index contributed by atoms with van der Waals surface area (Å²) in [5, 5.41) is 32.5. The predicted molar refractivity (Wildman–Crippen MR) is 93.9 cm³/mol. The fourth-order valence-corrected chi connectivity index (χ4v) is 5.67. The molecule has 0 spiro atoms. The second kappa shape index (κ2) is 6.02. The van der Waals surface area contributed by atoms with E-state index in [9.17, 15) is 15.3 Å². The van der Waals surface area contributed by atoms with E-state index in [1.165, 1.54) is 0 Å². The monoisotopic (exact) mass is 322 g/mol. The van der Waals surface area contributed by atoms with Crippen LogP contribution in [0.15, 0.2) is 24.3 Å². The van der Waals surface area contributed by atoms with E-state index in [2.05, 4.69) is 33.4 Å². The van der Waals surface area contributed by atoms with Crippen molar-refractivity contribution in [1.29, 1.82) is 0 Å². The molecule has 0 aromatic rings. The molecule has 2 aliphatic carbocycles. The average Bonchev–Trinajstić information content (AvgIpc) is 2.43. The molecule has 23 heavy (non-hydrogen) atoms. The van der Waals surface area contributed by atoms with E-state index in [-0.39, 0.29) is 22.7 Å². The molecule has 0 bridgehead atoms. The number of hydrogen-bond donors (Lipinski definition) is 3. The van der Waals surface area contributed by atoms with Gasteiger partial charge in [-0.05, 0) is 55.8 Å². The van der Waals surface area contributed by atoms with Crippen molar-refractivity contribution in [1.82, 2.24) is 0 Å². The van der Waals surface area contributed by atoms with Crippen molar-refractivity contribution in [2.75, 3.05) is 0 Å². The Hall–Kier alpha value is -0.640. The van der Waals surface area contributed by atoms with Crippen LogP contribution in [0, 0.1) is 22.7 Å². The first-order valence-electron chi connectivity index (χ1n) is 8.86. The van der Waals surface area contributed by atoms with Gasteiger partial charge in [0.05, 0.1) is 11.7 Å². The van der Waals surface area contributed by atoms with E-state index >= 15 is 0 Å². The second-order valence-electron chi connectivity index (χ2n) is 8.93. The van der Waals surface area contributed by atoms with Crippen LogP contribution in [0.4, 0.5) is 0 Å². The van der Waals surface area contributed by atoms with Crippen LogP contribution in [0.3, 0.4) is 0 Å². The Labute approximate surface area is 141 Å². The summed E-state index contributed by atoms with van der Waals surface area (Å²) in [5.74, 6) is -0.103. The maximum absolute atomic E-state index is 11.1. The van der Waals surface area contributed by atoms with Gasteiger partial charge in [0.1, 0.15) is 6.10 Å². The van der Waals surface area contributed by atoms with Crippen LogP contribution < -0.4 is 0 Å². The number of hydrogen-bond acceptors (Lipinski definition) is 3. The van der Waals surface area contributed by atoms with E-state index in [1.807, 2.05) is 13.0 Å².